The van der Waals surface area contributed by atoms with Crippen LogP contribution in [-0.2, 0) is 5.54 Å². The van der Waals surface area contributed by atoms with Gasteiger partial charge in [-0.1, -0.05) is 11.6 Å². The Morgan fingerprint density at radius 2 is 1.65 bits per heavy atom. The molecular weight excluding hydrogens is 251 g/mol. The Bertz CT molecular complexity index is 404. The number of hydrogen-bond acceptors (Lipinski definition) is 1. The summed E-state index contributed by atoms with van der Waals surface area (Å²) in [4.78, 5) is 0. The Morgan fingerprint density at radius 1 is 1.06 bits per heavy atom. The molecule has 0 amide bonds. The topological polar surface area (TPSA) is 26.0 Å². The fourth-order valence-electron chi connectivity index (χ4n) is 2.19. The molecule has 1 aliphatic rings. The second-order valence-electron chi connectivity index (χ2n) is 4.67. The van der Waals surface area contributed by atoms with Crippen molar-refractivity contribution in [1.82, 2.24) is 0 Å². The van der Waals surface area contributed by atoms with Crippen molar-refractivity contribution in [2.45, 2.75) is 37.1 Å². The lowest BCUT2D eigenvalue weighted by molar-refractivity contribution is -0.0514. The van der Waals surface area contributed by atoms with Gasteiger partial charge in [-0.15, -0.1) is 0 Å². The molecule has 1 fully saturated rings. The highest BCUT2D eigenvalue weighted by Crippen LogP contribution is 2.42. The van der Waals surface area contributed by atoms with E-state index in [0.717, 1.165) is 0 Å². The summed E-state index contributed by atoms with van der Waals surface area (Å²) in [6.07, 6.45) is -0.255. The molecule has 0 saturated heterocycles. The van der Waals surface area contributed by atoms with Crippen LogP contribution in [0.5, 0.6) is 0 Å². The van der Waals surface area contributed by atoms with Gasteiger partial charge in [0, 0.05) is 23.4 Å². The maximum absolute atomic E-state index is 13.2. The molecule has 0 aromatic heterocycles. The number of nitrogens with two attached hydrogens (primary N) is 1. The van der Waals surface area contributed by atoms with Gasteiger partial charge in [-0.25, -0.2) is 13.2 Å². The Morgan fingerprint density at radius 3 is 2.18 bits per heavy atom. The van der Waals surface area contributed by atoms with Gasteiger partial charge < -0.3 is 5.73 Å². The van der Waals surface area contributed by atoms with E-state index in [1.807, 2.05) is 0 Å². The zero-order valence-electron chi connectivity index (χ0n) is 9.15. The van der Waals surface area contributed by atoms with E-state index in [0.29, 0.717) is 5.56 Å². The number of benzene rings is 1. The van der Waals surface area contributed by atoms with Gasteiger partial charge in [-0.05, 0) is 36.6 Å². The lowest BCUT2D eigenvalue weighted by atomic mass is 9.76. The Hall–Kier alpha value is -0.740. The quantitative estimate of drug-likeness (QED) is 0.818. The van der Waals surface area contributed by atoms with Gasteiger partial charge in [0.15, 0.2) is 0 Å². The molecule has 0 unspecified atom stereocenters. The van der Waals surface area contributed by atoms with E-state index in [2.05, 4.69) is 0 Å². The van der Waals surface area contributed by atoms with Crippen molar-refractivity contribution in [2.75, 3.05) is 0 Å². The molecule has 1 aliphatic carbocycles. The van der Waals surface area contributed by atoms with Crippen molar-refractivity contribution in [2.24, 2.45) is 5.73 Å². The van der Waals surface area contributed by atoms with Crippen molar-refractivity contribution >= 4 is 11.6 Å². The van der Waals surface area contributed by atoms with Crippen LogP contribution in [0.3, 0.4) is 0 Å². The predicted octanol–water partition coefficient (Wildman–Crippen LogP) is 3.84. The van der Waals surface area contributed by atoms with E-state index >= 15 is 0 Å². The van der Waals surface area contributed by atoms with Crippen LogP contribution in [0.25, 0.3) is 0 Å². The highest BCUT2D eigenvalue weighted by Gasteiger charge is 2.42. The molecule has 17 heavy (non-hydrogen) atoms. The fourth-order valence-corrected chi connectivity index (χ4v) is 2.41. The lowest BCUT2D eigenvalue weighted by Gasteiger charge is -2.37. The average molecular weight is 264 g/mol. The zero-order valence-corrected chi connectivity index (χ0v) is 9.91. The summed E-state index contributed by atoms with van der Waals surface area (Å²) in [5.74, 6) is -3.14. The Balaban J connectivity index is 2.27. The molecule has 1 saturated carbocycles. The largest absolute Gasteiger partial charge is 0.321 e. The minimum absolute atomic E-state index is 0.139. The van der Waals surface area contributed by atoms with Gasteiger partial charge >= 0.3 is 0 Å². The van der Waals surface area contributed by atoms with Gasteiger partial charge in [0.25, 0.3) is 0 Å². The summed E-state index contributed by atoms with van der Waals surface area (Å²) in [6, 6.07) is 4.00. The molecular formula is C12H13ClF3N. The van der Waals surface area contributed by atoms with Crippen LogP contribution in [0.1, 0.15) is 31.2 Å². The third kappa shape index (κ3) is 2.75. The van der Waals surface area contributed by atoms with Crippen LogP contribution >= 0.6 is 11.6 Å². The first-order chi connectivity index (χ1) is 7.81. The third-order valence-electron chi connectivity index (χ3n) is 3.31. The third-order valence-corrected chi connectivity index (χ3v) is 3.53. The van der Waals surface area contributed by atoms with Crippen molar-refractivity contribution in [3.8, 4) is 0 Å². The normalized spacial score (nSPS) is 22.4. The van der Waals surface area contributed by atoms with Crippen LogP contribution in [0.4, 0.5) is 13.2 Å². The predicted molar refractivity (Wildman–Crippen MR) is 60.7 cm³/mol. The van der Waals surface area contributed by atoms with Gasteiger partial charge in [-0.2, -0.15) is 0 Å². The number of halogens is 4. The van der Waals surface area contributed by atoms with Crippen molar-refractivity contribution in [3.05, 3.63) is 34.6 Å². The summed E-state index contributed by atoms with van der Waals surface area (Å²) >= 11 is 5.74. The van der Waals surface area contributed by atoms with E-state index in [1.54, 1.807) is 6.07 Å². The summed E-state index contributed by atoms with van der Waals surface area (Å²) in [5.41, 5.74) is 5.68. The second kappa shape index (κ2) is 4.18. The molecule has 0 radical (unpaired) electrons. The van der Waals surface area contributed by atoms with E-state index in [-0.39, 0.29) is 30.7 Å². The molecule has 0 aliphatic heterocycles. The summed E-state index contributed by atoms with van der Waals surface area (Å²) in [6.45, 7) is 0. The molecule has 0 atom stereocenters. The van der Waals surface area contributed by atoms with Gasteiger partial charge in [0.05, 0.1) is 0 Å². The first kappa shape index (κ1) is 12.7. The molecule has 0 spiro atoms. The van der Waals surface area contributed by atoms with Gasteiger partial charge in [-0.3, -0.25) is 0 Å². The minimum Gasteiger partial charge on any atom is -0.321 e. The SMILES string of the molecule is NC1(c2cc(F)cc(Cl)c2)CCC(F)(F)CC1. The highest BCUT2D eigenvalue weighted by atomic mass is 35.5. The maximum atomic E-state index is 13.2. The maximum Gasteiger partial charge on any atom is 0.248 e. The fraction of sp³-hybridized carbons (Fsp3) is 0.500. The molecule has 94 valence electrons. The van der Waals surface area contributed by atoms with Crippen molar-refractivity contribution < 1.29 is 13.2 Å². The number of hydrogen-bond donors (Lipinski definition) is 1. The average Bonchev–Trinajstić information content (AvgIpc) is 2.22. The monoisotopic (exact) mass is 263 g/mol. The second-order valence-corrected chi connectivity index (χ2v) is 5.11. The molecule has 5 heteroatoms. The van der Waals surface area contributed by atoms with Gasteiger partial charge in [0.2, 0.25) is 5.92 Å². The van der Waals surface area contributed by atoms with Crippen LogP contribution in [0, 0.1) is 5.82 Å². The van der Waals surface area contributed by atoms with E-state index in [1.165, 1.54) is 12.1 Å². The highest BCUT2D eigenvalue weighted by molar-refractivity contribution is 6.30. The Kier molecular flexibility index (Phi) is 3.12. The van der Waals surface area contributed by atoms with E-state index < -0.39 is 17.3 Å². The van der Waals surface area contributed by atoms with Crippen molar-refractivity contribution in [1.29, 1.82) is 0 Å². The molecule has 1 nitrogen and oxygen atoms in total. The number of rotatable bonds is 1. The molecule has 0 heterocycles. The van der Waals surface area contributed by atoms with Crippen LogP contribution in [-0.4, -0.2) is 5.92 Å². The molecule has 1 aromatic carbocycles. The van der Waals surface area contributed by atoms with Gasteiger partial charge in [0.1, 0.15) is 5.82 Å². The molecule has 2 rings (SSSR count). The summed E-state index contributed by atoms with van der Waals surface area (Å²) in [5, 5.41) is 0.238. The first-order valence-corrected chi connectivity index (χ1v) is 5.82. The van der Waals surface area contributed by atoms with Crippen molar-refractivity contribution in [3.63, 3.8) is 0 Å². The number of alkyl halides is 2. The minimum atomic E-state index is -2.65. The summed E-state index contributed by atoms with van der Waals surface area (Å²) < 4.78 is 39.3. The lowest BCUT2D eigenvalue weighted by Crippen LogP contribution is -2.43. The molecule has 0 bridgehead atoms. The standard InChI is InChI=1S/C12H13ClF3N/c13-9-5-8(6-10(14)7-9)11(17)1-3-12(15,16)4-2-11/h5-7H,1-4,17H2. The summed E-state index contributed by atoms with van der Waals surface area (Å²) in [7, 11) is 0. The zero-order chi connectivity index (χ0) is 12.7. The van der Waals surface area contributed by atoms with E-state index in [9.17, 15) is 13.2 Å². The van der Waals surface area contributed by atoms with Crippen LogP contribution in [0.15, 0.2) is 18.2 Å². The van der Waals surface area contributed by atoms with Crippen LogP contribution < -0.4 is 5.73 Å². The smallest absolute Gasteiger partial charge is 0.248 e. The Labute approximate surface area is 103 Å². The molecule has 2 N–H and O–H groups in total. The van der Waals surface area contributed by atoms with E-state index in [4.69, 9.17) is 17.3 Å². The molecule has 1 aromatic rings. The first-order valence-electron chi connectivity index (χ1n) is 5.44. The van der Waals surface area contributed by atoms with Crippen LogP contribution in [0.2, 0.25) is 5.02 Å².